The topological polar surface area (TPSA) is 57.6 Å². The van der Waals surface area contributed by atoms with E-state index < -0.39 is 11.0 Å². The van der Waals surface area contributed by atoms with Crippen LogP contribution in [0.1, 0.15) is 70.3 Å². The fraction of sp³-hybridized carbons (Fsp3) is 0.571. The molecule has 0 radical (unpaired) electrons. The number of benzene rings is 1. The fourth-order valence-electron chi connectivity index (χ4n) is 7.55. The summed E-state index contributed by atoms with van der Waals surface area (Å²) in [6.07, 6.45) is 7.53. The van der Waals surface area contributed by atoms with Gasteiger partial charge in [-0.1, -0.05) is 24.6 Å². The third kappa shape index (κ3) is 2.98. The smallest absolute Gasteiger partial charge is 0.161 e. The van der Waals surface area contributed by atoms with Gasteiger partial charge < -0.3 is 10.0 Å². The molecule has 4 nitrogen and oxygen atoms in total. The first-order valence-corrected chi connectivity index (χ1v) is 12.1. The summed E-state index contributed by atoms with van der Waals surface area (Å²) in [5, 5.41) is 11.6. The van der Waals surface area contributed by atoms with E-state index >= 15 is 0 Å². The van der Waals surface area contributed by atoms with Crippen molar-refractivity contribution in [1.82, 2.24) is 0 Å². The molecule has 0 bridgehead atoms. The Balaban J connectivity index is 1.67. The van der Waals surface area contributed by atoms with Gasteiger partial charge in [-0.2, -0.15) is 0 Å². The van der Waals surface area contributed by atoms with Gasteiger partial charge >= 0.3 is 0 Å². The van der Waals surface area contributed by atoms with Crippen molar-refractivity contribution in [1.29, 1.82) is 0 Å². The van der Waals surface area contributed by atoms with Gasteiger partial charge in [0.25, 0.3) is 0 Å². The van der Waals surface area contributed by atoms with Gasteiger partial charge in [0.15, 0.2) is 11.6 Å². The minimum absolute atomic E-state index is 0.0834. The lowest BCUT2D eigenvalue weighted by Crippen LogP contribution is -2.55. The van der Waals surface area contributed by atoms with E-state index in [0.29, 0.717) is 24.7 Å². The SMILES string of the molecule is CC(=O)[C@@]1(O)CC[C@H]2[C@@H]3CCC4=CC(=O)CCC4=C3C(c3ccc(N(C)C)cc3)C[C@@]21C. The molecule has 0 aromatic heterocycles. The van der Waals surface area contributed by atoms with Crippen molar-refractivity contribution in [3.8, 4) is 0 Å². The Labute approximate surface area is 191 Å². The van der Waals surface area contributed by atoms with Crippen molar-refractivity contribution in [3.63, 3.8) is 0 Å². The third-order valence-corrected chi connectivity index (χ3v) is 9.28. The van der Waals surface area contributed by atoms with Crippen LogP contribution in [0.25, 0.3) is 0 Å². The molecule has 4 aliphatic rings. The van der Waals surface area contributed by atoms with Crippen LogP contribution in [0, 0.1) is 17.3 Å². The molecule has 5 rings (SSSR count). The molecule has 0 heterocycles. The summed E-state index contributed by atoms with van der Waals surface area (Å²) >= 11 is 0. The highest BCUT2D eigenvalue weighted by molar-refractivity contribution is 5.93. The first-order chi connectivity index (χ1) is 15.2. The molecule has 2 fully saturated rings. The summed E-state index contributed by atoms with van der Waals surface area (Å²) < 4.78 is 0. The summed E-state index contributed by atoms with van der Waals surface area (Å²) in [5.74, 6) is 1.03. The molecule has 4 heteroatoms. The second kappa shape index (κ2) is 7.41. The van der Waals surface area contributed by atoms with Crippen LogP contribution in [0.2, 0.25) is 0 Å². The number of allylic oxidation sites excluding steroid dienone is 4. The number of hydrogen-bond acceptors (Lipinski definition) is 4. The van der Waals surface area contributed by atoms with Crippen molar-refractivity contribution < 1.29 is 14.7 Å². The molecule has 1 aromatic carbocycles. The first kappa shape index (κ1) is 21.6. The lowest BCUT2D eigenvalue weighted by atomic mass is 9.51. The van der Waals surface area contributed by atoms with Gasteiger partial charge in [-0.15, -0.1) is 0 Å². The second-order valence-electron chi connectivity index (χ2n) is 10.9. The largest absolute Gasteiger partial charge is 0.382 e. The van der Waals surface area contributed by atoms with E-state index in [9.17, 15) is 14.7 Å². The van der Waals surface area contributed by atoms with Crippen molar-refractivity contribution in [2.45, 2.75) is 70.3 Å². The second-order valence-corrected chi connectivity index (χ2v) is 10.9. The Bertz CT molecular complexity index is 1030. The minimum atomic E-state index is -1.24. The highest BCUT2D eigenvalue weighted by atomic mass is 16.3. The molecule has 1 N–H and O–H groups in total. The number of ketones is 2. The highest BCUT2D eigenvalue weighted by Crippen LogP contribution is 2.66. The minimum Gasteiger partial charge on any atom is -0.382 e. The number of rotatable bonds is 3. The number of carbonyl (C=O) groups is 2. The van der Waals surface area contributed by atoms with Crippen LogP contribution in [0.3, 0.4) is 0 Å². The van der Waals surface area contributed by atoms with Gasteiger partial charge in [-0.05, 0) is 92.2 Å². The van der Waals surface area contributed by atoms with E-state index in [1.54, 1.807) is 6.92 Å². The number of aliphatic hydroxyl groups is 1. The number of Topliss-reactive ketones (excluding diaryl/α,β-unsaturated/α-hetero) is 1. The molecule has 0 spiro atoms. The van der Waals surface area contributed by atoms with Crippen LogP contribution >= 0.6 is 0 Å². The quantitative estimate of drug-likeness (QED) is 0.731. The predicted molar refractivity (Wildman–Crippen MR) is 127 cm³/mol. The summed E-state index contributed by atoms with van der Waals surface area (Å²) in [5.41, 5.74) is 4.91. The van der Waals surface area contributed by atoms with E-state index in [-0.39, 0.29) is 17.5 Å². The van der Waals surface area contributed by atoms with Gasteiger partial charge in [-0.25, -0.2) is 0 Å². The number of nitrogens with zero attached hydrogens (tertiary/aromatic N) is 1. The average molecular weight is 434 g/mol. The zero-order valence-electron chi connectivity index (χ0n) is 19.8. The number of hydrogen-bond donors (Lipinski definition) is 1. The summed E-state index contributed by atoms with van der Waals surface area (Å²) in [4.78, 5) is 27.0. The normalized spacial score (nSPS) is 36.2. The number of anilines is 1. The molecule has 170 valence electrons. The maximum atomic E-state index is 12.7. The van der Waals surface area contributed by atoms with Crippen LogP contribution < -0.4 is 4.90 Å². The van der Waals surface area contributed by atoms with Crippen LogP contribution in [0.15, 0.2) is 47.1 Å². The zero-order chi connectivity index (χ0) is 22.8. The van der Waals surface area contributed by atoms with Gasteiger partial charge in [-0.3, -0.25) is 9.59 Å². The zero-order valence-corrected chi connectivity index (χ0v) is 19.8. The highest BCUT2D eigenvalue weighted by Gasteiger charge is 2.64. The van der Waals surface area contributed by atoms with Crippen molar-refractivity contribution in [2.24, 2.45) is 17.3 Å². The molecular formula is C28H35NO3. The van der Waals surface area contributed by atoms with Gasteiger partial charge in [0.05, 0.1) is 0 Å². The van der Waals surface area contributed by atoms with E-state index in [0.717, 1.165) is 37.8 Å². The van der Waals surface area contributed by atoms with Crippen LogP contribution in [0.4, 0.5) is 5.69 Å². The fourth-order valence-corrected chi connectivity index (χ4v) is 7.55. The summed E-state index contributed by atoms with van der Waals surface area (Å²) in [6.45, 7) is 3.74. The summed E-state index contributed by atoms with van der Waals surface area (Å²) in [6, 6.07) is 8.78. The molecule has 32 heavy (non-hydrogen) atoms. The number of fused-ring (bicyclic) bond motifs is 4. The Kier molecular flexibility index (Phi) is 5.01. The molecule has 1 aromatic rings. The lowest BCUT2D eigenvalue weighted by Gasteiger charge is -2.54. The Morgan fingerprint density at radius 2 is 1.81 bits per heavy atom. The van der Waals surface area contributed by atoms with Crippen molar-refractivity contribution >= 4 is 17.3 Å². The van der Waals surface area contributed by atoms with E-state index in [4.69, 9.17) is 0 Å². The molecular weight excluding hydrogens is 398 g/mol. The molecule has 1 unspecified atom stereocenters. The van der Waals surface area contributed by atoms with E-state index in [1.165, 1.54) is 22.3 Å². The predicted octanol–water partition coefficient (Wildman–Crippen LogP) is 4.97. The third-order valence-electron chi connectivity index (χ3n) is 9.28. The Hall–Kier alpha value is -2.20. The number of carbonyl (C=O) groups excluding carboxylic acids is 2. The van der Waals surface area contributed by atoms with Crippen molar-refractivity contribution in [2.75, 3.05) is 19.0 Å². The molecule has 0 aliphatic heterocycles. The maximum absolute atomic E-state index is 12.7. The Morgan fingerprint density at radius 1 is 1.09 bits per heavy atom. The standard InChI is InChI=1S/C28H35NO3/c1-17(30)28(32)14-13-25-23-11-7-19-15-21(31)10-12-22(19)26(23)24(16-27(25,28)2)18-5-8-20(9-6-18)29(3)4/h5-6,8-9,15,23-25,32H,7,10-14,16H2,1-4H3/t23-,24?,25-,27-,28-/m0/s1. The van der Waals surface area contributed by atoms with Gasteiger partial charge in [0.2, 0.25) is 0 Å². The molecule has 0 saturated heterocycles. The van der Waals surface area contributed by atoms with Crippen LogP contribution in [-0.4, -0.2) is 36.4 Å². The van der Waals surface area contributed by atoms with E-state index in [1.807, 2.05) is 20.2 Å². The maximum Gasteiger partial charge on any atom is 0.161 e. The molecule has 5 atom stereocenters. The molecule has 4 aliphatic carbocycles. The van der Waals surface area contributed by atoms with Gasteiger partial charge in [0.1, 0.15) is 5.60 Å². The molecule has 2 saturated carbocycles. The van der Waals surface area contributed by atoms with Crippen LogP contribution in [-0.2, 0) is 9.59 Å². The monoisotopic (exact) mass is 433 g/mol. The van der Waals surface area contributed by atoms with E-state index in [2.05, 4.69) is 36.1 Å². The Morgan fingerprint density at radius 3 is 2.47 bits per heavy atom. The average Bonchev–Trinajstić information content (AvgIpc) is 3.04. The lowest BCUT2D eigenvalue weighted by molar-refractivity contribution is -0.152. The van der Waals surface area contributed by atoms with Crippen molar-refractivity contribution in [3.05, 3.63) is 52.6 Å². The van der Waals surface area contributed by atoms with Crippen LogP contribution in [0.5, 0.6) is 0 Å². The molecule has 0 amide bonds. The van der Waals surface area contributed by atoms with Gasteiger partial charge in [0, 0.05) is 37.5 Å². The first-order valence-electron chi connectivity index (χ1n) is 12.1. The summed E-state index contributed by atoms with van der Waals surface area (Å²) in [7, 11) is 4.09.